The SMILES string of the molecule is CCC[C@@H]1CN(Cc2cccs2)C[C@H]1N(C)C. The quantitative estimate of drug-likeness (QED) is 0.795. The molecule has 2 atom stereocenters. The summed E-state index contributed by atoms with van der Waals surface area (Å²) in [6, 6.07) is 5.15. The van der Waals surface area contributed by atoms with Gasteiger partial charge in [0.25, 0.3) is 0 Å². The predicted octanol–water partition coefficient (Wildman–Crippen LogP) is 2.91. The molecule has 3 heteroatoms. The lowest BCUT2D eigenvalue weighted by Crippen LogP contribution is -2.35. The van der Waals surface area contributed by atoms with Crippen molar-refractivity contribution in [3.8, 4) is 0 Å². The molecule has 2 rings (SSSR count). The van der Waals surface area contributed by atoms with Crippen LogP contribution in [0.1, 0.15) is 24.6 Å². The molecule has 1 fully saturated rings. The third kappa shape index (κ3) is 3.30. The molecule has 0 N–H and O–H groups in total. The molecule has 2 heterocycles. The Bertz CT molecular complexity index is 321. The highest BCUT2D eigenvalue weighted by Crippen LogP contribution is 2.26. The summed E-state index contributed by atoms with van der Waals surface area (Å²) in [5, 5.41) is 2.18. The molecule has 0 amide bonds. The van der Waals surface area contributed by atoms with Gasteiger partial charge in [-0.2, -0.15) is 0 Å². The Labute approximate surface area is 109 Å². The van der Waals surface area contributed by atoms with E-state index in [-0.39, 0.29) is 0 Å². The Hall–Kier alpha value is -0.380. The summed E-state index contributed by atoms with van der Waals surface area (Å²) in [5.41, 5.74) is 0. The molecule has 1 aromatic rings. The molecule has 1 aliphatic heterocycles. The van der Waals surface area contributed by atoms with E-state index in [9.17, 15) is 0 Å². The van der Waals surface area contributed by atoms with Crippen LogP contribution in [0.4, 0.5) is 0 Å². The van der Waals surface area contributed by atoms with Gasteiger partial charge < -0.3 is 4.90 Å². The number of likely N-dealkylation sites (N-methyl/N-ethyl adjacent to an activating group) is 1. The standard InChI is InChI=1S/C14H24N2S/c1-4-6-12-9-16(11-14(12)15(2)3)10-13-7-5-8-17-13/h5,7-8,12,14H,4,6,9-11H2,1-3H3/t12-,14-/m1/s1. The number of likely N-dealkylation sites (tertiary alicyclic amines) is 1. The summed E-state index contributed by atoms with van der Waals surface area (Å²) in [6.07, 6.45) is 2.67. The van der Waals surface area contributed by atoms with E-state index in [1.165, 1.54) is 30.8 Å². The third-order valence-corrected chi connectivity index (χ3v) is 4.63. The van der Waals surface area contributed by atoms with Crippen molar-refractivity contribution in [1.29, 1.82) is 0 Å². The minimum absolute atomic E-state index is 0.745. The van der Waals surface area contributed by atoms with Crippen molar-refractivity contribution >= 4 is 11.3 Å². The van der Waals surface area contributed by atoms with Crippen molar-refractivity contribution in [2.24, 2.45) is 5.92 Å². The van der Waals surface area contributed by atoms with Gasteiger partial charge in [0.15, 0.2) is 0 Å². The lowest BCUT2D eigenvalue weighted by atomic mass is 9.98. The normalized spacial score (nSPS) is 25.9. The molecule has 1 aromatic heterocycles. The summed E-state index contributed by atoms with van der Waals surface area (Å²) in [5.74, 6) is 0.856. The Morgan fingerprint density at radius 1 is 1.41 bits per heavy atom. The van der Waals surface area contributed by atoms with Gasteiger partial charge in [-0.1, -0.05) is 19.4 Å². The Balaban J connectivity index is 1.94. The van der Waals surface area contributed by atoms with Crippen LogP contribution in [0, 0.1) is 5.92 Å². The summed E-state index contributed by atoms with van der Waals surface area (Å²) in [4.78, 5) is 6.53. The van der Waals surface area contributed by atoms with E-state index in [4.69, 9.17) is 0 Å². The van der Waals surface area contributed by atoms with Crippen LogP contribution >= 0.6 is 11.3 Å². The molecule has 2 nitrogen and oxygen atoms in total. The Kier molecular flexibility index (Phi) is 4.60. The minimum Gasteiger partial charge on any atom is -0.305 e. The van der Waals surface area contributed by atoms with Crippen LogP contribution in [-0.2, 0) is 6.54 Å². The van der Waals surface area contributed by atoms with E-state index in [1.54, 1.807) is 0 Å². The van der Waals surface area contributed by atoms with E-state index < -0.39 is 0 Å². The minimum atomic E-state index is 0.745. The molecule has 0 radical (unpaired) electrons. The second-order valence-electron chi connectivity index (χ2n) is 5.35. The number of hydrogen-bond acceptors (Lipinski definition) is 3. The smallest absolute Gasteiger partial charge is 0.0328 e. The molecule has 0 saturated carbocycles. The van der Waals surface area contributed by atoms with E-state index in [0.29, 0.717) is 0 Å². The second kappa shape index (κ2) is 5.98. The van der Waals surface area contributed by atoms with E-state index >= 15 is 0 Å². The number of hydrogen-bond donors (Lipinski definition) is 0. The van der Waals surface area contributed by atoms with Crippen LogP contribution in [0.5, 0.6) is 0 Å². The van der Waals surface area contributed by atoms with Gasteiger partial charge >= 0.3 is 0 Å². The zero-order valence-electron chi connectivity index (χ0n) is 11.2. The fourth-order valence-electron chi connectivity index (χ4n) is 2.93. The fraction of sp³-hybridized carbons (Fsp3) is 0.714. The first kappa shape index (κ1) is 13.1. The van der Waals surface area contributed by atoms with Crippen molar-refractivity contribution in [3.63, 3.8) is 0 Å². The monoisotopic (exact) mass is 252 g/mol. The highest BCUT2D eigenvalue weighted by atomic mass is 32.1. The Morgan fingerprint density at radius 3 is 2.82 bits per heavy atom. The van der Waals surface area contributed by atoms with Gasteiger partial charge in [-0.25, -0.2) is 0 Å². The van der Waals surface area contributed by atoms with Gasteiger partial charge in [0.2, 0.25) is 0 Å². The van der Waals surface area contributed by atoms with Crippen LogP contribution in [0.15, 0.2) is 17.5 Å². The van der Waals surface area contributed by atoms with Crippen LogP contribution in [0.3, 0.4) is 0 Å². The molecule has 0 aromatic carbocycles. The molecule has 0 spiro atoms. The average Bonchev–Trinajstić information content (AvgIpc) is 2.89. The maximum Gasteiger partial charge on any atom is 0.0328 e. The topological polar surface area (TPSA) is 6.48 Å². The fourth-order valence-corrected chi connectivity index (χ4v) is 3.68. The molecular weight excluding hydrogens is 228 g/mol. The van der Waals surface area contributed by atoms with Gasteiger partial charge in [0.1, 0.15) is 0 Å². The molecule has 1 aliphatic rings. The van der Waals surface area contributed by atoms with Crippen LogP contribution in [-0.4, -0.2) is 43.0 Å². The average molecular weight is 252 g/mol. The van der Waals surface area contributed by atoms with Crippen LogP contribution < -0.4 is 0 Å². The van der Waals surface area contributed by atoms with Crippen molar-refractivity contribution in [1.82, 2.24) is 9.80 Å². The molecule has 0 bridgehead atoms. The van der Waals surface area contributed by atoms with E-state index in [0.717, 1.165) is 18.5 Å². The highest BCUT2D eigenvalue weighted by molar-refractivity contribution is 7.09. The maximum absolute atomic E-state index is 2.62. The largest absolute Gasteiger partial charge is 0.305 e. The molecule has 96 valence electrons. The Morgan fingerprint density at radius 2 is 2.24 bits per heavy atom. The van der Waals surface area contributed by atoms with Gasteiger partial charge in [-0.3, -0.25) is 4.90 Å². The lowest BCUT2D eigenvalue weighted by molar-refractivity contribution is 0.239. The van der Waals surface area contributed by atoms with Crippen molar-refractivity contribution in [2.75, 3.05) is 27.2 Å². The summed E-state index contributed by atoms with van der Waals surface area (Å²) in [6.45, 7) is 5.95. The first-order valence-electron chi connectivity index (χ1n) is 6.62. The van der Waals surface area contributed by atoms with Gasteiger partial charge in [0, 0.05) is 30.6 Å². The third-order valence-electron chi connectivity index (χ3n) is 3.76. The summed E-state index contributed by atoms with van der Waals surface area (Å²) >= 11 is 1.88. The second-order valence-corrected chi connectivity index (χ2v) is 6.39. The van der Waals surface area contributed by atoms with E-state index in [1.807, 2.05) is 11.3 Å². The first-order valence-corrected chi connectivity index (χ1v) is 7.49. The molecular formula is C14H24N2S. The number of nitrogens with zero attached hydrogens (tertiary/aromatic N) is 2. The molecule has 1 saturated heterocycles. The zero-order valence-corrected chi connectivity index (χ0v) is 12.0. The maximum atomic E-state index is 2.62. The van der Waals surface area contributed by atoms with E-state index in [2.05, 4.69) is 48.3 Å². The van der Waals surface area contributed by atoms with Crippen molar-refractivity contribution in [3.05, 3.63) is 22.4 Å². The van der Waals surface area contributed by atoms with Gasteiger partial charge in [-0.05, 0) is 37.9 Å². The first-order chi connectivity index (χ1) is 8.20. The molecule has 0 aliphatic carbocycles. The zero-order chi connectivity index (χ0) is 12.3. The summed E-state index contributed by atoms with van der Waals surface area (Å²) in [7, 11) is 4.45. The van der Waals surface area contributed by atoms with Crippen LogP contribution in [0.25, 0.3) is 0 Å². The molecule has 0 unspecified atom stereocenters. The van der Waals surface area contributed by atoms with Gasteiger partial charge in [0.05, 0.1) is 0 Å². The highest BCUT2D eigenvalue weighted by Gasteiger charge is 2.33. The van der Waals surface area contributed by atoms with Crippen LogP contribution in [0.2, 0.25) is 0 Å². The summed E-state index contributed by atoms with van der Waals surface area (Å²) < 4.78 is 0. The number of thiophene rings is 1. The van der Waals surface area contributed by atoms with Crippen molar-refractivity contribution < 1.29 is 0 Å². The lowest BCUT2D eigenvalue weighted by Gasteiger charge is -2.24. The predicted molar refractivity (Wildman–Crippen MR) is 75.5 cm³/mol. The van der Waals surface area contributed by atoms with Crippen molar-refractivity contribution in [2.45, 2.75) is 32.4 Å². The molecule has 17 heavy (non-hydrogen) atoms. The van der Waals surface area contributed by atoms with Gasteiger partial charge in [-0.15, -0.1) is 11.3 Å². The number of rotatable bonds is 5.